The van der Waals surface area contributed by atoms with Crippen molar-refractivity contribution >= 4 is 14.6 Å². The van der Waals surface area contributed by atoms with Crippen molar-refractivity contribution in [2.75, 3.05) is 27.9 Å². The summed E-state index contributed by atoms with van der Waals surface area (Å²) in [6.07, 6.45) is 0. The quantitative estimate of drug-likeness (QED) is 0.616. The number of rotatable bonds is 5. The Bertz CT molecular complexity index is 75.5. The van der Waals surface area contributed by atoms with Gasteiger partial charge in [0.2, 0.25) is 0 Å². The van der Waals surface area contributed by atoms with Gasteiger partial charge in [-0.3, -0.25) is 0 Å². The Morgan fingerprint density at radius 2 is 1.40 bits per heavy atom. The van der Waals surface area contributed by atoms with E-state index in [2.05, 4.69) is 0 Å². The van der Waals surface area contributed by atoms with Gasteiger partial charge in [-0.05, 0) is 0 Å². The van der Waals surface area contributed by atoms with Crippen LogP contribution < -0.4 is 0 Å². The maximum atomic E-state index is 5.20. The van der Waals surface area contributed by atoms with Crippen molar-refractivity contribution in [2.24, 2.45) is 0 Å². The molecule has 0 aliphatic rings. The van der Waals surface area contributed by atoms with E-state index in [1.165, 1.54) is 21.3 Å². The molecule has 5 heteroatoms. The molecular formula is C5H14GeO4. The van der Waals surface area contributed by atoms with Gasteiger partial charge in [0.1, 0.15) is 0 Å². The van der Waals surface area contributed by atoms with E-state index >= 15 is 0 Å². The molecule has 0 saturated carbocycles. The van der Waals surface area contributed by atoms with Crippen LogP contribution in [0.2, 0.25) is 0 Å². The molecule has 0 aromatic carbocycles. The van der Waals surface area contributed by atoms with Gasteiger partial charge in [0.15, 0.2) is 0 Å². The zero-order valence-corrected chi connectivity index (χ0v) is 8.94. The summed E-state index contributed by atoms with van der Waals surface area (Å²) >= 11 is -3.20. The standard InChI is InChI=1S/C5H14GeO4/c1-5-10-6(7-2,8-3)9-4/h5H2,1-4H3. The zero-order valence-electron chi connectivity index (χ0n) is 6.84. The van der Waals surface area contributed by atoms with E-state index in [-0.39, 0.29) is 0 Å². The van der Waals surface area contributed by atoms with Crippen molar-refractivity contribution in [3.63, 3.8) is 0 Å². The van der Waals surface area contributed by atoms with Crippen LogP contribution >= 0.6 is 0 Å². The van der Waals surface area contributed by atoms with Gasteiger partial charge < -0.3 is 0 Å². The van der Waals surface area contributed by atoms with E-state index in [4.69, 9.17) is 15.1 Å². The van der Waals surface area contributed by atoms with Gasteiger partial charge in [-0.15, -0.1) is 0 Å². The zero-order chi connectivity index (χ0) is 8.04. The van der Waals surface area contributed by atoms with Crippen LogP contribution in [0.15, 0.2) is 0 Å². The molecular weight excluding hydrogens is 197 g/mol. The first-order chi connectivity index (χ1) is 4.74. The van der Waals surface area contributed by atoms with Gasteiger partial charge in [-0.2, -0.15) is 0 Å². The first-order valence-corrected chi connectivity index (χ1v) is 6.46. The maximum absolute atomic E-state index is 5.20. The second-order valence-electron chi connectivity index (χ2n) is 1.55. The van der Waals surface area contributed by atoms with E-state index in [0.717, 1.165) is 0 Å². The van der Waals surface area contributed by atoms with E-state index in [1.807, 2.05) is 6.92 Å². The molecule has 0 unspecified atom stereocenters. The monoisotopic (exact) mass is 212 g/mol. The molecule has 0 atom stereocenters. The van der Waals surface area contributed by atoms with Gasteiger partial charge in [-0.25, -0.2) is 0 Å². The fourth-order valence-corrected chi connectivity index (χ4v) is 3.14. The summed E-state index contributed by atoms with van der Waals surface area (Å²) in [4.78, 5) is 0. The number of hydrogen-bond donors (Lipinski definition) is 0. The molecule has 0 radical (unpaired) electrons. The van der Waals surface area contributed by atoms with Crippen LogP contribution in [0.4, 0.5) is 0 Å². The molecule has 0 aromatic heterocycles. The van der Waals surface area contributed by atoms with Crippen LogP contribution in [-0.4, -0.2) is 42.5 Å². The summed E-state index contributed by atoms with van der Waals surface area (Å²) in [5.41, 5.74) is 0. The summed E-state index contributed by atoms with van der Waals surface area (Å²) < 4.78 is 20.2. The van der Waals surface area contributed by atoms with Crippen molar-refractivity contribution in [3.05, 3.63) is 0 Å². The molecule has 0 bridgehead atoms. The summed E-state index contributed by atoms with van der Waals surface area (Å²) in [5.74, 6) is 0. The van der Waals surface area contributed by atoms with E-state index in [9.17, 15) is 0 Å². The molecule has 0 aliphatic carbocycles. The summed E-state index contributed by atoms with van der Waals surface area (Å²) in [7, 11) is 4.59. The molecule has 0 rings (SSSR count). The van der Waals surface area contributed by atoms with Gasteiger partial charge in [0, 0.05) is 0 Å². The van der Waals surface area contributed by atoms with Crippen LogP contribution in [0, 0.1) is 0 Å². The molecule has 4 nitrogen and oxygen atoms in total. The van der Waals surface area contributed by atoms with Gasteiger partial charge in [0.25, 0.3) is 0 Å². The molecule has 0 fully saturated rings. The molecule has 0 saturated heterocycles. The molecule has 0 spiro atoms. The van der Waals surface area contributed by atoms with Crippen molar-refractivity contribution in [1.82, 2.24) is 0 Å². The van der Waals surface area contributed by atoms with Crippen molar-refractivity contribution in [2.45, 2.75) is 6.92 Å². The van der Waals surface area contributed by atoms with E-state index in [1.54, 1.807) is 0 Å². The molecule has 0 heterocycles. The summed E-state index contributed by atoms with van der Waals surface area (Å²) in [5, 5.41) is 0. The van der Waals surface area contributed by atoms with E-state index in [0.29, 0.717) is 6.61 Å². The second-order valence-corrected chi connectivity index (χ2v) is 6.82. The molecule has 0 aromatic rings. The summed E-state index contributed by atoms with van der Waals surface area (Å²) in [6.45, 7) is 2.42. The fraction of sp³-hybridized carbons (Fsp3) is 1.00. The SMILES string of the molecule is CC[O][Ge]([O]C)([O]C)[O]C. The minimum absolute atomic E-state index is 0.551. The van der Waals surface area contributed by atoms with Crippen LogP contribution in [-0.2, 0) is 15.1 Å². The first-order valence-electron chi connectivity index (χ1n) is 3.04. The predicted octanol–water partition coefficient (Wildman–Crippen LogP) is 0.398. The molecule has 62 valence electrons. The normalized spacial score (nSPS) is 12.0. The third-order valence-corrected chi connectivity index (χ3v) is 5.57. The molecule has 0 aliphatic heterocycles. The third-order valence-electron chi connectivity index (χ3n) is 1.07. The van der Waals surface area contributed by atoms with Gasteiger partial charge in [-0.1, -0.05) is 0 Å². The van der Waals surface area contributed by atoms with E-state index < -0.39 is 14.6 Å². The first kappa shape index (κ1) is 10.4. The topological polar surface area (TPSA) is 36.9 Å². The van der Waals surface area contributed by atoms with Crippen LogP contribution in [0.3, 0.4) is 0 Å². The minimum atomic E-state index is -3.20. The average Bonchev–Trinajstić information content (AvgIpc) is 2.01. The van der Waals surface area contributed by atoms with Crippen LogP contribution in [0.25, 0.3) is 0 Å². The Labute approximate surface area is 65.1 Å². The average molecular weight is 211 g/mol. The van der Waals surface area contributed by atoms with Crippen LogP contribution in [0.5, 0.6) is 0 Å². The molecule has 0 amide bonds. The second kappa shape index (κ2) is 5.09. The predicted molar refractivity (Wildman–Crippen MR) is 38.4 cm³/mol. The Morgan fingerprint density at radius 1 is 1.00 bits per heavy atom. The van der Waals surface area contributed by atoms with Gasteiger partial charge >= 0.3 is 64.5 Å². The Morgan fingerprint density at radius 3 is 1.50 bits per heavy atom. The van der Waals surface area contributed by atoms with Crippen molar-refractivity contribution in [1.29, 1.82) is 0 Å². The fourth-order valence-electron chi connectivity index (χ4n) is 0.604. The molecule has 0 N–H and O–H groups in total. The third kappa shape index (κ3) is 2.55. The van der Waals surface area contributed by atoms with Gasteiger partial charge in [0.05, 0.1) is 0 Å². The summed E-state index contributed by atoms with van der Waals surface area (Å²) in [6, 6.07) is 0. The Hall–Kier alpha value is 0.383. The Kier molecular flexibility index (Phi) is 5.28. The van der Waals surface area contributed by atoms with Crippen LogP contribution in [0.1, 0.15) is 6.92 Å². The van der Waals surface area contributed by atoms with Crippen molar-refractivity contribution in [3.8, 4) is 0 Å². The number of hydrogen-bond acceptors (Lipinski definition) is 4. The molecule has 10 heavy (non-hydrogen) atoms. The Balaban J connectivity index is 3.87. The van der Waals surface area contributed by atoms with Crippen molar-refractivity contribution < 1.29 is 15.1 Å².